The summed E-state index contributed by atoms with van der Waals surface area (Å²) >= 11 is 1.90. The van der Waals surface area contributed by atoms with E-state index in [0.717, 1.165) is 5.56 Å². The molecule has 0 bridgehead atoms. The van der Waals surface area contributed by atoms with Gasteiger partial charge in [-0.15, -0.1) is 0 Å². The van der Waals surface area contributed by atoms with Gasteiger partial charge in [0.1, 0.15) is 5.75 Å². The zero-order chi connectivity index (χ0) is 17.7. The van der Waals surface area contributed by atoms with Crippen LogP contribution in [0.1, 0.15) is 21.5 Å². The Kier molecular flexibility index (Phi) is 6.22. The lowest BCUT2D eigenvalue weighted by molar-refractivity contribution is -0.0886. The van der Waals surface area contributed by atoms with Crippen LogP contribution in [-0.4, -0.2) is 19.1 Å². The van der Waals surface area contributed by atoms with E-state index in [1.807, 2.05) is 22.6 Å². The first kappa shape index (κ1) is 18.7. The Labute approximate surface area is 150 Å². The molecule has 0 aromatic heterocycles. The molecular weight excluding hydrogens is 436 g/mol. The highest BCUT2D eigenvalue weighted by Crippen LogP contribution is 2.27. The van der Waals surface area contributed by atoms with E-state index in [9.17, 15) is 18.0 Å². The van der Waals surface area contributed by atoms with Crippen LogP contribution in [0.25, 0.3) is 0 Å². The normalized spacial score (nSPS) is 11.4. The smallest absolute Gasteiger partial charge is 0.454 e. The molecule has 7 heteroatoms. The zero-order valence-electron chi connectivity index (χ0n) is 12.7. The number of carbonyl (C=O) groups is 1. The van der Waals surface area contributed by atoms with Gasteiger partial charge in [0.05, 0.1) is 20.3 Å². The van der Waals surface area contributed by atoms with Crippen molar-refractivity contribution in [2.24, 2.45) is 0 Å². The van der Waals surface area contributed by atoms with Crippen LogP contribution in [-0.2, 0) is 18.0 Å². The van der Waals surface area contributed by atoms with Crippen LogP contribution in [0.3, 0.4) is 0 Å². The van der Waals surface area contributed by atoms with Crippen LogP contribution < -0.4 is 4.74 Å². The van der Waals surface area contributed by atoms with Crippen molar-refractivity contribution in [1.82, 2.24) is 0 Å². The van der Waals surface area contributed by atoms with Gasteiger partial charge in [-0.25, -0.2) is 0 Å². The Balaban J connectivity index is 2.10. The predicted octanol–water partition coefficient (Wildman–Crippen LogP) is 4.76. The minimum absolute atomic E-state index is 0.0811. The minimum Gasteiger partial charge on any atom is -0.497 e. The van der Waals surface area contributed by atoms with Crippen LogP contribution in [0.4, 0.5) is 13.2 Å². The van der Waals surface area contributed by atoms with Crippen molar-refractivity contribution in [3.63, 3.8) is 0 Å². The quantitative estimate of drug-likeness (QED) is 0.471. The number of ketones is 1. The average Bonchev–Trinajstić information content (AvgIpc) is 2.55. The third kappa shape index (κ3) is 4.70. The van der Waals surface area contributed by atoms with Gasteiger partial charge in [0.2, 0.25) is 0 Å². The molecule has 0 saturated carbocycles. The molecule has 24 heavy (non-hydrogen) atoms. The van der Waals surface area contributed by atoms with Gasteiger partial charge in [-0.1, -0.05) is 24.3 Å². The Morgan fingerprint density at radius 1 is 1.08 bits per heavy atom. The highest BCUT2D eigenvalue weighted by atomic mass is 127. The summed E-state index contributed by atoms with van der Waals surface area (Å²) in [6.07, 6.45) is -4.91. The molecular formula is C17H14F3IO3. The summed E-state index contributed by atoms with van der Waals surface area (Å²) in [5.74, 6) is -1.15. The maximum Gasteiger partial charge on any atom is 0.454 e. The SMILES string of the molecule is COc1ccc(COCc2c(I)cccc2C(=O)C(F)(F)F)cc1. The van der Waals surface area contributed by atoms with Gasteiger partial charge >= 0.3 is 6.18 Å². The molecule has 0 atom stereocenters. The van der Waals surface area contributed by atoms with E-state index in [0.29, 0.717) is 9.32 Å². The number of rotatable bonds is 6. The molecule has 3 nitrogen and oxygen atoms in total. The number of alkyl halides is 3. The highest BCUT2D eigenvalue weighted by molar-refractivity contribution is 14.1. The van der Waals surface area contributed by atoms with Crippen molar-refractivity contribution in [1.29, 1.82) is 0 Å². The lowest BCUT2D eigenvalue weighted by Gasteiger charge is -2.13. The number of hydrogen-bond acceptors (Lipinski definition) is 3. The number of benzene rings is 2. The summed E-state index contributed by atoms with van der Waals surface area (Å²) in [4.78, 5) is 11.5. The molecule has 0 aliphatic rings. The fourth-order valence-corrected chi connectivity index (χ4v) is 2.72. The van der Waals surface area contributed by atoms with Crippen molar-refractivity contribution in [2.75, 3.05) is 7.11 Å². The van der Waals surface area contributed by atoms with E-state index in [4.69, 9.17) is 9.47 Å². The van der Waals surface area contributed by atoms with Crippen molar-refractivity contribution in [3.8, 4) is 5.75 Å². The van der Waals surface area contributed by atoms with Gasteiger partial charge in [-0.3, -0.25) is 4.79 Å². The van der Waals surface area contributed by atoms with Crippen molar-refractivity contribution in [3.05, 3.63) is 62.7 Å². The first-order chi connectivity index (χ1) is 11.3. The number of methoxy groups -OCH3 is 1. The second kappa shape index (κ2) is 7.98. The summed E-state index contributed by atoms with van der Waals surface area (Å²) in [5.41, 5.74) is 0.725. The predicted molar refractivity (Wildman–Crippen MR) is 91.0 cm³/mol. The monoisotopic (exact) mass is 450 g/mol. The van der Waals surface area contributed by atoms with E-state index < -0.39 is 12.0 Å². The van der Waals surface area contributed by atoms with E-state index >= 15 is 0 Å². The zero-order valence-corrected chi connectivity index (χ0v) is 14.8. The lowest BCUT2D eigenvalue weighted by Crippen LogP contribution is -2.24. The molecule has 0 saturated heterocycles. The van der Waals surface area contributed by atoms with Crippen molar-refractivity contribution >= 4 is 28.4 Å². The molecule has 0 fully saturated rings. The van der Waals surface area contributed by atoms with Crippen LogP contribution in [0.15, 0.2) is 42.5 Å². The third-order valence-corrected chi connectivity index (χ3v) is 4.31. The fraction of sp³-hybridized carbons (Fsp3) is 0.235. The Morgan fingerprint density at radius 2 is 1.75 bits per heavy atom. The van der Waals surface area contributed by atoms with Crippen LogP contribution in [0.5, 0.6) is 5.75 Å². The van der Waals surface area contributed by atoms with Crippen molar-refractivity contribution in [2.45, 2.75) is 19.4 Å². The summed E-state index contributed by atoms with van der Waals surface area (Å²) in [7, 11) is 1.56. The third-order valence-electron chi connectivity index (χ3n) is 3.30. The summed E-state index contributed by atoms with van der Waals surface area (Å²) in [6.45, 7) is 0.136. The van der Waals surface area contributed by atoms with Crippen LogP contribution in [0, 0.1) is 3.57 Å². The summed E-state index contributed by atoms with van der Waals surface area (Å²) < 4.78 is 49.2. The molecule has 0 amide bonds. The molecule has 0 aliphatic heterocycles. The molecule has 2 rings (SSSR count). The van der Waals surface area contributed by atoms with Gasteiger partial charge in [-0.2, -0.15) is 13.2 Å². The Bertz CT molecular complexity index is 712. The van der Waals surface area contributed by atoms with Gasteiger partial charge in [0.15, 0.2) is 0 Å². The number of hydrogen-bond donors (Lipinski definition) is 0. The molecule has 2 aromatic carbocycles. The maximum absolute atomic E-state index is 12.7. The van der Waals surface area contributed by atoms with E-state index in [1.54, 1.807) is 37.4 Å². The molecule has 0 aliphatic carbocycles. The molecule has 0 N–H and O–H groups in total. The number of carbonyl (C=O) groups excluding carboxylic acids is 1. The van der Waals surface area contributed by atoms with E-state index in [2.05, 4.69) is 0 Å². The number of halogens is 4. The standard InChI is InChI=1S/C17H14F3IO3/c1-23-12-7-5-11(6-8-12)9-24-10-14-13(3-2-4-15(14)21)16(22)17(18,19)20/h2-8H,9-10H2,1H3. The molecule has 0 unspecified atom stereocenters. The fourth-order valence-electron chi connectivity index (χ4n) is 2.06. The first-order valence-electron chi connectivity index (χ1n) is 6.92. The number of ether oxygens (including phenoxy) is 2. The average molecular weight is 450 g/mol. The second-order valence-corrected chi connectivity index (χ2v) is 6.10. The number of Topliss-reactive ketones (excluding diaryl/α,β-unsaturated/α-hetero) is 1. The molecule has 0 heterocycles. The van der Waals surface area contributed by atoms with Crippen LogP contribution in [0.2, 0.25) is 0 Å². The molecule has 128 valence electrons. The molecule has 0 radical (unpaired) electrons. The van der Waals surface area contributed by atoms with Gasteiger partial charge in [0.25, 0.3) is 5.78 Å². The first-order valence-corrected chi connectivity index (χ1v) is 8.00. The van der Waals surface area contributed by atoms with E-state index in [-0.39, 0.29) is 24.3 Å². The summed E-state index contributed by atoms with van der Waals surface area (Å²) in [6, 6.07) is 11.4. The van der Waals surface area contributed by atoms with Gasteiger partial charge in [0, 0.05) is 14.7 Å². The van der Waals surface area contributed by atoms with E-state index in [1.165, 1.54) is 12.1 Å². The topological polar surface area (TPSA) is 35.5 Å². The summed E-state index contributed by atoms with van der Waals surface area (Å²) in [5, 5.41) is 0. The molecule has 0 spiro atoms. The lowest BCUT2D eigenvalue weighted by atomic mass is 10.0. The van der Waals surface area contributed by atoms with Crippen LogP contribution >= 0.6 is 22.6 Å². The minimum atomic E-state index is -4.91. The second-order valence-electron chi connectivity index (χ2n) is 4.93. The maximum atomic E-state index is 12.7. The Hall–Kier alpha value is -1.61. The van der Waals surface area contributed by atoms with Gasteiger partial charge in [-0.05, 0) is 46.4 Å². The largest absolute Gasteiger partial charge is 0.497 e. The molecule has 2 aromatic rings. The van der Waals surface area contributed by atoms with Crippen molar-refractivity contribution < 1.29 is 27.4 Å². The van der Waals surface area contributed by atoms with Gasteiger partial charge < -0.3 is 9.47 Å². The highest BCUT2D eigenvalue weighted by Gasteiger charge is 2.40. The Morgan fingerprint density at radius 3 is 2.33 bits per heavy atom.